The molecule has 1 fully saturated rings. The number of carboxylic acid groups (broad SMARTS) is 1. The molecule has 2 N–H and O–H groups in total. The maximum Gasteiger partial charge on any atom is 0.317 e. The van der Waals surface area contributed by atoms with Crippen LogP contribution in [0.3, 0.4) is 0 Å². The van der Waals surface area contributed by atoms with Crippen LogP contribution in [0.25, 0.3) is 0 Å². The van der Waals surface area contributed by atoms with Crippen molar-refractivity contribution in [1.29, 1.82) is 5.26 Å². The summed E-state index contributed by atoms with van der Waals surface area (Å²) in [5.74, 6) is -0.867. The molecule has 0 atom stereocenters. The number of carboxylic acids is 1. The molecule has 0 spiro atoms. The highest BCUT2D eigenvalue weighted by molar-refractivity contribution is 5.69. The van der Waals surface area contributed by atoms with E-state index in [-0.39, 0.29) is 12.0 Å². The predicted octanol–water partition coefficient (Wildman–Crippen LogP) is 1.13. The molecule has 4 heteroatoms. The van der Waals surface area contributed by atoms with Crippen molar-refractivity contribution < 1.29 is 9.90 Å². The van der Waals surface area contributed by atoms with Crippen LogP contribution in [0, 0.1) is 16.7 Å². The lowest BCUT2D eigenvalue weighted by molar-refractivity contribution is -0.136. The minimum absolute atomic E-state index is 0.0522. The van der Waals surface area contributed by atoms with Crippen LogP contribution in [0.4, 0.5) is 0 Å². The van der Waals surface area contributed by atoms with Crippen molar-refractivity contribution in [3.05, 3.63) is 0 Å². The Balaban J connectivity index is 2.37. The van der Waals surface area contributed by atoms with Crippen LogP contribution in [-0.2, 0) is 4.79 Å². The fourth-order valence-electron chi connectivity index (χ4n) is 1.97. The van der Waals surface area contributed by atoms with Crippen LogP contribution in [0.1, 0.15) is 32.1 Å². The zero-order valence-corrected chi connectivity index (χ0v) is 8.25. The van der Waals surface area contributed by atoms with Crippen LogP contribution in [0.15, 0.2) is 0 Å². The number of carbonyl (C=O) groups is 1. The molecule has 0 aliphatic heterocycles. The second kappa shape index (κ2) is 4.97. The van der Waals surface area contributed by atoms with E-state index in [4.69, 9.17) is 10.4 Å². The summed E-state index contributed by atoms with van der Waals surface area (Å²) in [5.41, 5.74) is -0.312. The van der Waals surface area contributed by atoms with Gasteiger partial charge in [-0.25, -0.2) is 0 Å². The minimum atomic E-state index is -0.867. The molecule has 0 radical (unpaired) electrons. The van der Waals surface area contributed by atoms with Gasteiger partial charge in [-0.2, -0.15) is 5.26 Å². The van der Waals surface area contributed by atoms with Gasteiger partial charge in [0.05, 0.1) is 18.0 Å². The lowest BCUT2D eigenvalue weighted by atomic mass is 9.75. The van der Waals surface area contributed by atoms with Crippen molar-refractivity contribution in [1.82, 2.24) is 5.32 Å². The van der Waals surface area contributed by atoms with Gasteiger partial charge in [-0.15, -0.1) is 0 Å². The molecule has 1 aliphatic rings. The van der Waals surface area contributed by atoms with Gasteiger partial charge in [-0.3, -0.25) is 4.79 Å². The zero-order chi connectivity index (χ0) is 10.4. The lowest BCUT2D eigenvalue weighted by Gasteiger charge is -2.30. The van der Waals surface area contributed by atoms with Gasteiger partial charge in [0.25, 0.3) is 0 Å². The number of hydrogen-bond acceptors (Lipinski definition) is 3. The lowest BCUT2D eigenvalue weighted by Crippen LogP contribution is -2.37. The van der Waals surface area contributed by atoms with E-state index in [2.05, 4.69) is 11.4 Å². The van der Waals surface area contributed by atoms with E-state index in [9.17, 15) is 4.79 Å². The average molecular weight is 196 g/mol. The van der Waals surface area contributed by atoms with Gasteiger partial charge in [0.2, 0.25) is 0 Å². The molecule has 0 unspecified atom stereocenters. The number of nitrogens with zero attached hydrogens (tertiary/aromatic N) is 1. The maximum absolute atomic E-state index is 10.3. The molecule has 0 amide bonds. The van der Waals surface area contributed by atoms with Gasteiger partial charge in [0.15, 0.2) is 0 Å². The van der Waals surface area contributed by atoms with Crippen molar-refractivity contribution in [3.8, 4) is 6.07 Å². The van der Waals surface area contributed by atoms with E-state index < -0.39 is 5.97 Å². The van der Waals surface area contributed by atoms with Gasteiger partial charge in [-0.05, 0) is 12.8 Å². The zero-order valence-electron chi connectivity index (χ0n) is 8.25. The third kappa shape index (κ3) is 3.00. The molecule has 0 aromatic heterocycles. The van der Waals surface area contributed by atoms with Crippen LogP contribution in [-0.4, -0.2) is 24.2 Å². The number of rotatable bonds is 4. The summed E-state index contributed by atoms with van der Waals surface area (Å²) in [6.07, 6.45) is 5.17. The molecule has 0 aromatic rings. The topological polar surface area (TPSA) is 73.1 Å². The van der Waals surface area contributed by atoms with Crippen molar-refractivity contribution in [2.24, 2.45) is 5.41 Å². The van der Waals surface area contributed by atoms with Gasteiger partial charge in [-0.1, -0.05) is 19.3 Å². The molecule has 1 saturated carbocycles. The minimum Gasteiger partial charge on any atom is -0.480 e. The van der Waals surface area contributed by atoms with Gasteiger partial charge >= 0.3 is 5.97 Å². The van der Waals surface area contributed by atoms with E-state index in [1.54, 1.807) is 0 Å². The summed E-state index contributed by atoms with van der Waals surface area (Å²) in [4.78, 5) is 10.3. The van der Waals surface area contributed by atoms with E-state index >= 15 is 0 Å². The summed E-state index contributed by atoms with van der Waals surface area (Å²) < 4.78 is 0. The summed E-state index contributed by atoms with van der Waals surface area (Å²) in [7, 11) is 0. The Morgan fingerprint density at radius 1 is 1.43 bits per heavy atom. The number of hydrogen-bond donors (Lipinski definition) is 2. The summed E-state index contributed by atoms with van der Waals surface area (Å²) >= 11 is 0. The van der Waals surface area contributed by atoms with E-state index in [0.29, 0.717) is 6.54 Å². The standard InChI is InChI=1S/C10H16N2O2/c11-7-10(4-2-1-3-5-10)8-12-6-9(13)14/h12H,1-6,8H2,(H,13,14). The third-order valence-electron chi connectivity index (χ3n) is 2.79. The normalized spacial score (nSPS) is 19.9. The Morgan fingerprint density at radius 3 is 2.57 bits per heavy atom. The Bertz CT molecular complexity index is 239. The Kier molecular flexibility index (Phi) is 3.90. The quantitative estimate of drug-likeness (QED) is 0.707. The van der Waals surface area contributed by atoms with E-state index in [0.717, 1.165) is 25.7 Å². The average Bonchev–Trinajstić information content (AvgIpc) is 2.19. The van der Waals surface area contributed by atoms with Crippen molar-refractivity contribution in [2.75, 3.05) is 13.1 Å². The number of nitrogens with one attached hydrogen (secondary N) is 1. The van der Waals surface area contributed by atoms with E-state index in [1.165, 1.54) is 6.42 Å². The first-order chi connectivity index (χ1) is 6.68. The first-order valence-corrected chi connectivity index (χ1v) is 5.02. The second-order valence-electron chi connectivity index (χ2n) is 3.95. The molecule has 1 rings (SSSR count). The monoisotopic (exact) mass is 196 g/mol. The van der Waals surface area contributed by atoms with Crippen LogP contribution in [0.5, 0.6) is 0 Å². The second-order valence-corrected chi connectivity index (χ2v) is 3.95. The van der Waals surface area contributed by atoms with Crippen molar-refractivity contribution in [2.45, 2.75) is 32.1 Å². The highest BCUT2D eigenvalue weighted by Gasteiger charge is 2.31. The Morgan fingerprint density at radius 2 is 2.07 bits per heavy atom. The predicted molar refractivity (Wildman–Crippen MR) is 51.6 cm³/mol. The largest absolute Gasteiger partial charge is 0.480 e. The SMILES string of the molecule is N#CC1(CNCC(=O)O)CCCCC1. The first kappa shape index (κ1) is 11.0. The highest BCUT2D eigenvalue weighted by atomic mass is 16.4. The number of aliphatic carboxylic acids is 1. The summed E-state index contributed by atoms with van der Waals surface area (Å²) in [5, 5.41) is 20.3. The fourth-order valence-corrected chi connectivity index (χ4v) is 1.97. The molecular formula is C10H16N2O2. The van der Waals surface area contributed by atoms with Gasteiger partial charge in [0, 0.05) is 6.54 Å². The van der Waals surface area contributed by atoms with Crippen LogP contribution < -0.4 is 5.32 Å². The van der Waals surface area contributed by atoms with Crippen molar-refractivity contribution in [3.63, 3.8) is 0 Å². The molecule has 78 valence electrons. The fraction of sp³-hybridized carbons (Fsp3) is 0.800. The molecule has 14 heavy (non-hydrogen) atoms. The summed E-state index contributed by atoms with van der Waals surface area (Å²) in [6, 6.07) is 2.34. The van der Waals surface area contributed by atoms with Crippen LogP contribution >= 0.6 is 0 Å². The Hall–Kier alpha value is -1.08. The molecule has 0 saturated heterocycles. The molecule has 0 bridgehead atoms. The number of nitriles is 1. The molecular weight excluding hydrogens is 180 g/mol. The molecule has 0 aromatic carbocycles. The van der Waals surface area contributed by atoms with Gasteiger partial charge < -0.3 is 10.4 Å². The highest BCUT2D eigenvalue weighted by Crippen LogP contribution is 2.34. The smallest absolute Gasteiger partial charge is 0.317 e. The maximum atomic E-state index is 10.3. The summed E-state index contributed by atoms with van der Waals surface area (Å²) in [6.45, 7) is 0.458. The van der Waals surface area contributed by atoms with Crippen molar-refractivity contribution >= 4 is 5.97 Å². The van der Waals surface area contributed by atoms with E-state index in [1.807, 2.05) is 0 Å². The van der Waals surface area contributed by atoms with Crippen LogP contribution in [0.2, 0.25) is 0 Å². The first-order valence-electron chi connectivity index (χ1n) is 5.02. The Labute approximate surface area is 83.9 Å². The van der Waals surface area contributed by atoms with Gasteiger partial charge in [0.1, 0.15) is 0 Å². The molecule has 1 aliphatic carbocycles. The molecule has 0 heterocycles. The molecule has 4 nitrogen and oxygen atoms in total. The third-order valence-corrected chi connectivity index (χ3v) is 2.79.